The van der Waals surface area contributed by atoms with E-state index < -0.39 is 5.54 Å². The summed E-state index contributed by atoms with van der Waals surface area (Å²) in [7, 11) is 1.69. The summed E-state index contributed by atoms with van der Waals surface area (Å²) in [6, 6.07) is 32.5. The van der Waals surface area contributed by atoms with Crippen LogP contribution in [0.2, 0.25) is 0 Å². The average Bonchev–Trinajstić information content (AvgIpc) is 2.76. The maximum Gasteiger partial charge on any atom is 0.349 e. The molecule has 0 amide bonds. The zero-order valence-corrected chi connectivity index (χ0v) is 15.6. The summed E-state index contributed by atoms with van der Waals surface area (Å²) in [6.07, 6.45) is 1.73. The van der Waals surface area contributed by atoms with Crippen LogP contribution in [0, 0.1) is 0 Å². The van der Waals surface area contributed by atoms with Gasteiger partial charge in [-0.15, -0.1) is 0 Å². The van der Waals surface area contributed by atoms with Gasteiger partial charge in [-0.2, -0.15) is 4.98 Å². The standard InChI is InChI=1S/C24H21N3O/c1-27-18-17-22(25-23(27)28)26-24(19-11-5-2-6-12-19,20-13-7-3-8-14-20)21-15-9-4-10-16-21/h2-18H,1H3,(H,25,26,28). The highest BCUT2D eigenvalue weighted by Crippen LogP contribution is 2.39. The van der Waals surface area contributed by atoms with Gasteiger partial charge in [0.1, 0.15) is 11.4 Å². The first kappa shape index (κ1) is 17.7. The predicted molar refractivity (Wildman–Crippen MR) is 112 cm³/mol. The first-order chi connectivity index (χ1) is 13.7. The summed E-state index contributed by atoms with van der Waals surface area (Å²) in [6.45, 7) is 0. The summed E-state index contributed by atoms with van der Waals surface area (Å²) in [5.41, 5.74) is 2.20. The van der Waals surface area contributed by atoms with Gasteiger partial charge in [-0.1, -0.05) is 91.0 Å². The molecule has 1 heterocycles. The van der Waals surface area contributed by atoms with E-state index in [1.165, 1.54) is 4.57 Å². The van der Waals surface area contributed by atoms with Crippen molar-refractivity contribution in [2.45, 2.75) is 5.54 Å². The molecule has 1 aromatic heterocycles. The van der Waals surface area contributed by atoms with E-state index in [0.29, 0.717) is 5.82 Å². The van der Waals surface area contributed by atoms with Crippen LogP contribution in [-0.2, 0) is 12.6 Å². The van der Waals surface area contributed by atoms with Crippen LogP contribution in [0.15, 0.2) is 108 Å². The highest BCUT2D eigenvalue weighted by molar-refractivity contribution is 5.57. The average molecular weight is 367 g/mol. The smallest absolute Gasteiger partial charge is 0.349 e. The maximum absolute atomic E-state index is 12.1. The Hall–Kier alpha value is -3.66. The summed E-state index contributed by atoms with van der Waals surface area (Å²) in [5.74, 6) is 0.527. The third kappa shape index (κ3) is 3.21. The van der Waals surface area contributed by atoms with Gasteiger partial charge in [0.15, 0.2) is 0 Å². The van der Waals surface area contributed by atoms with Crippen molar-refractivity contribution >= 4 is 5.82 Å². The quantitative estimate of drug-likeness (QED) is 0.538. The van der Waals surface area contributed by atoms with E-state index in [-0.39, 0.29) is 5.69 Å². The number of rotatable bonds is 5. The van der Waals surface area contributed by atoms with E-state index in [1.54, 1.807) is 13.2 Å². The van der Waals surface area contributed by atoms with Crippen LogP contribution >= 0.6 is 0 Å². The molecule has 0 spiro atoms. The fourth-order valence-corrected chi connectivity index (χ4v) is 3.51. The van der Waals surface area contributed by atoms with E-state index in [0.717, 1.165) is 16.7 Å². The minimum absolute atomic E-state index is 0.298. The molecule has 0 bridgehead atoms. The molecule has 28 heavy (non-hydrogen) atoms. The van der Waals surface area contributed by atoms with E-state index in [9.17, 15) is 4.79 Å². The number of nitrogens with one attached hydrogen (secondary N) is 1. The van der Waals surface area contributed by atoms with Crippen molar-refractivity contribution in [3.05, 3.63) is 130 Å². The Bertz CT molecular complexity index is 1010. The molecule has 138 valence electrons. The van der Waals surface area contributed by atoms with Gasteiger partial charge in [-0.25, -0.2) is 4.79 Å². The normalized spacial score (nSPS) is 11.2. The Balaban J connectivity index is 2.00. The molecule has 0 aliphatic rings. The second kappa shape index (κ2) is 7.53. The van der Waals surface area contributed by atoms with Crippen molar-refractivity contribution in [1.82, 2.24) is 9.55 Å². The molecule has 0 aliphatic carbocycles. The molecular weight excluding hydrogens is 346 g/mol. The van der Waals surface area contributed by atoms with Crippen LogP contribution in [0.5, 0.6) is 0 Å². The zero-order valence-electron chi connectivity index (χ0n) is 15.6. The van der Waals surface area contributed by atoms with Crippen LogP contribution in [0.1, 0.15) is 16.7 Å². The van der Waals surface area contributed by atoms with E-state index >= 15 is 0 Å². The Morgan fingerprint density at radius 1 is 0.714 bits per heavy atom. The third-order valence-electron chi connectivity index (χ3n) is 4.91. The Morgan fingerprint density at radius 3 is 1.54 bits per heavy atom. The molecule has 0 saturated carbocycles. The molecule has 0 fully saturated rings. The van der Waals surface area contributed by atoms with Gasteiger partial charge < -0.3 is 9.88 Å². The van der Waals surface area contributed by atoms with Crippen molar-refractivity contribution in [1.29, 1.82) is 0 Å². The molecule has 0 unspecified atom stereocenters. The first-order valence-electron chi connectivity index (χ1n) is 9.18. The van der Waals surface area contributed by atoms with Crippen molar-refractivity contribution in [2.24, 2.45) is 7.05 Å². The first-order valence-corrected chi connectivity index (χ1v) is 9.18. The summed E-state index contributed by atoms with van der Waals surface area (Å²) in [5, 5.41) is 3.58. The van der Waals surface area contributed by atoms with Gasteiger partial charge in [0, 0.05) is 13.2 Å². The maximum atomic E-state index is 12.1. The number of aryl methyl sites for hydroxylation is 1. The van der Waals surface area contributed by atoms with Gasteiger partial charge in [0.05, 0.1) is 0 Å². The van der Waals surface area contributed by atoms with Crippen molar-refractivity contribution in [3.8, 4) is 0 Å². The van der Waals surface area contributed by atoms with E-state index in [4.69, 9.17) is 0 Å². The molecule has 0 radical (unpaired) electrons. The molecule has 4 heteroatoms. The lowest BCUT2D eigenvalue weighted by Gasteiger charge is -2.37. The Kier molecular flexibility index (Phi) is 4.77. The van der Waals surface area contributed by atoms with Gasteiger partial charge in [0.25, 0.3) is 0 Å². The number of anilines is 1. The fraction of sp³-hybridized carbons (Fsp3) is 0.0833. The SMILES string of the molecule is Cn1ccc(NC(c2ccccc2)(c2ccccc2)c2ccccc2)nc1=O. The molecule has 4 rings (SSSR count). The molecule has 0 saturated heterocycles. The van der Waals surface area contributed by atoms with Crippen LogP contribution in [-0.4, -0.2) is 9.55 Å². The Labute approximate surface area is 164 Å². The fourth-order valence-electron chi connectivity index (χ4n) is 3.51. The molecule has 1 N–H and O–H groups in total. The molecule has 3 aromatic carbocycles. The molecule has 4 aromatic rings. The van der Waals surface area contributed by atoms with Gasteiger partial charge in [-0.3, -0.25) is 0 Å². The highest BCUT2D eigenvalue weighted by Gasteiger charge is 2.36. The van der Waals surface area contributed by atoms with E-state index in [1.807, 2.05) is 60.7 Å². The van der Waals surface area contributed by atoms with Crippen LogP contribution in [0.4, 0.5) is 5.82 Å². The lowest BCUT2D eigenvalue weighted by atomic mass is 9.77. The number of hydrogen-bond acceptors (Lipinski definition) is 3. The lowest BCUT2D eigenvalue weighted by molar-refractivity contribution is 0.700. The lowest BCUT2D eigenvalue weighted by Crippen LogP contribution is -2.39. The monoisotopic (exact) mass is 367 g/mol. The molecule has 0 aliphatic heterocycles. The minimum Gasteiger partial charge on any atom is -0.352 e. The molecule has 0 atom stereocenters. The van der Waals surface area contributed by atoms with Crippen LogP contribution in [0.3, 0.4) is 0 Å². The molecule has 4 nitrogen and oxygen atoms in total. The van der Waals surface area contributed by atoms with E-state index in [2.05, 4.69) is 46.7 Å². The van der Waals surface area contributed by atoms with Crippen LogP contribution in [0.25, 0.3) is 0 Å². The summed E-state index contributed by atoms with van der Waals surface area (Å²) in [4.78, 5) is 16.4. The highest BCUT2D eigenvalue weighted by atomic mass is 16.1. The number of nitrogens with zero attached hydrogens (tertiary/aromatic N) is 2. The predicted octanol–water partition coefficient (Wildman–Crippen LogP) is 4.18. The van der Waals surface area contributed by atoms with Crippen molar-refractivity contribution < 1.29 is 0 Å². The molecular formula is C24H21N3O. The van der Waals surface area contributed by atoms with Gasteiger partial charge >= 0.3 is 5.69 Å². The summed E-state index contributed by atoms with van der Waals surface area (Å²) >= 11 is 0. The second-order valence-corrected chi connectivity index (χ2v) is 6.68. The number of hydrogen-bond donors (Lipinski definition) is 1. The number of benzene rings is 3. The summed E-state index contributed by atoms with van der Waals surface area (Å²) < 4.78 is 1.46. The largest absolute Gasteiger partial charge is 0.352 e. The van der Waals surface area contributed by atoms with Crippen molar-refractivity contribution in [2.75, 3.05) is 5.32 Å². The Morgan fingerprint density at radius 2 is 1.14 bits per heavy atom. The van der Waals surface area contributed by atoms with Gasteiger partial charge in [-0.05, 0) is 22.8 Å². The third-order valence-corrected chi connectivity index (χ3v) is 4.91. The van der Waals surface area contributed by atoms with Crippen molar-refractivity contribution in [3.63, 3.8) is 0 Å². The topological polar surface area (TPSA) is 46.9 Å². The van der Waals surface area contributed by atoms with Crippen LogP contribution < -0.4 is 11.0 Å². The second-order valence-electron chi connectivity index (χ2n) is 6.68. The number of aromatic nitrogens is 2. The van der Waals surface area contributed by atoms with Gasteiger partial charge in [0.2, 0.25) is 0 Å². The minimum atomic E-state index is -0.691. The zero-order chi connectivity index (χ0) is 19.4.